The van der Waals surface area contributed by atoms with Crippen LogP contribution in [0, 0.1) is 0 Å². The van der Waals surface area contributed by atoms with Gasteiger partial charge in [-0.3, -0.25) is 9.59 Å². The number of hydrogen-bond acceptors (Lipinski definition) is 12. The van der Waals surface area contributed by atoms with Crippen LogP contribution in [0.2, 0.25) is 0 Å². The zero-order chi connectivity index (χ0) is 47.8. The molecule has 2 aliphatic carbocycles. The number of hydrogen-bond donors (Lipinski definition) is 6. The van der Waals surface area contributed by atoms with Gasteiger partial charge in [0.2, 0.25) is 0 Å². The number of aliphatic carboxylic acids is 2. The summed E-state index contributed by atoms with van der Waals surface area (Å²) in [7, 11) is 0. The van der Waals surface area contributed by atoms with Crippen LogP contribution in [0.3, 0.4) is 0 Å². The molecule has 0 heterocycles. The molecule has 4 aromatic carbocycles. The summed E-state index contributed by atoms with van der Waals surface area (Å²) >= 11 is 3.33. The topological polar surface area (TPSA) is 192 Å². The smallest absolute Gasteiger partial charge is 0.344 e. The fourth-order valence-corrected chi connectivity index (χ4v) is 8.61. The van der Waals surface area contributed by atoms with Crippen LogP contribution in [0.15, 0.2) is 94.7 Å². The van der Waals surface area contributed by atoms with E-state index in [9.17, 15) is 19.2 Å². The van der Waals surface area contributed by atoms with Crippen LogP contribution in [0.25, 0.3) is 0 Å². The number of phenolic OH excluding ortho intramolecular Hbond substituents is 2. The molecule has 0 amide bonds. The fourth-order valence-electron chi connectivity index (χ4n) is 6.47. The Morgan fingerprint density at radius 1 is 0.582 bits per heavy atom. The third-order valence-electron chi connectivity index (χ3n) is 10.6. The Balaban J connectivity index is 0.000000868. The molecule has 4 aromatic rings. The normalized spacial score (nSPS) is 15.1. The van der Waals surface area contributed by atoms with Crippen molar-refractivity contribution < 1.29 is 49.1 Å². The van der Waals surface area contributed by atoms with Crippen molar-refractivity contribution in [1.82, 2.24) is 10.6 Å². The van der Waals surface area contributed by atoms with Gasteiger partial charge in [-0.2, -0.15) is 13.5 Å². The molecule has 0 aromatic heterocycles. The third-order valence-corrected chi connectivity index (χ3v) is 13.2. The van der Waals surface area contributed by atoms with E-state index < -0.39 is 24.1 Å². The highest BCUT2D eigenvalue weighted by atomic mass is 32.2. The number of fused-ring (bicyclic) bond motifs is 2. The van der Waals surface area contributed by atoms with Gasteiger partial charge in [-0.1, -0.05) is 40.8 Å². The molecule has 2 aliphatic rings. The van der Waals surface area contributed by atoms with Gasteiger partial charge >= 0.3 is 11.9 Å². The first kappa shape index (κ1) is 62.3. The summed E-state index contributed by atoms with van der Waals surface area (Å²) in [6.45, 7) is 20.6. The first-order valence-corrected chi connectivity index (χ1v) is 23.1. The lowest BCUT2D eigenvalue weighted by Gasteiger charge is -2.20. The maximum absolute atomic E-state index is 11.6. The fraction of sp³-hybridized carbons (Fsp3) is 0.462. The second-order valence-electron chi connectivity index (χ2n) is 16.7. The van der Waals surface area contributed by atoms with Crippen molar-refractivity contribution in [3.05, 3.63) is 107 Å². The van der Waals surface area contributed by atoms with Gasteiger partial charge in [0.15, 0.2) is 12.2 Å². The van der Waals surface area contributed by atoms with Crippen molar-refractivity contribution >= 4 is 60.5 Å². The molecular weight excluding hydrogens is 909 g/mol. The lowest BCUT2D eigenvalue weighted by atomic mass is 10.1. The number of Topliss-reactive ketones (excluding diaryl/α,β-unsaturated/α-hetero) is 2. The molecule has 0 radical (unpaired) electrons. The van der Waals surface area contributed by atoms with Crippen molar-refractivity contribution in [2.24, 2.45) is 0 Å². The molecule has 0 spiro atoms. The van der Waals surface area contributed by atoms with Crippen LogP contribution in [0.1, 0.15) is 106 Å². The van der Waals surface area contributed by atoms with Crippen LogP contribution in [0.4, 0.5) is 0 Å². The van der Waals surface area contributed by atoms with E-state index in [0.29, 0.717) is 23.6 Å². The Bertz CT molecular complexity index is 2010. The van der Waals surface area contributed by atoms with Crippen LogP contribution in [0.5, 0.6) is 23.0 Å². The predicted octanol–water partition coefficient (Wildman–Crippen LogP) is 10.3. The molecule has 0 aliphatic heterocycles. The number of ether oxygens (including phenoxy) is 2. The molecule has 372 valence electrons. The van der Waals surface area contributed by atoms with E-state index in [4.69, 9.17) is 29.9 Å². The van der Waals surface area contributed by atoms with Crippen molar-refractivity contribution in [3.63, 3.8) is 0 Å². The van der Waals surface area contributed by atoms with E-state index in [1.807, 2.05) is 27.7 Å². The molecule has 67 heavy (non-hydrogen) atoms. The minimum atomic E-state index is -1.02. The van der Waals surface area contributed by atoms with Crippen LogP contribution < -0.4 is 20.1 Å². The number of thioether (sulfide) groups is 2. The lowest BCUT2D eigenvalue weighted by molar-refractivity contribution is -0.145. The van der Waals surface area contributed by atoms with Gasteiger partial charge in [0.1, 0.15) is 34.6 Å². The molecule has 0 bridgehead atoms. The average molecular weight is 985 g/mol. The molecule has 1 unspecified atom stereocenters. The Hall–Kier alpha value is -4.67. The number of ketones is 2. The summed E-state index contributed by atoms with van der Waals surface area (Å²) in [5.74, 6) is -0.501. The van der Waals surface area contributed by atoms with Crippen LogP contribution >= 0.6 is 37.0 Å². The number of phenols is 2. The Kier molecular flexibility index (Phi) is 27.2. The minimum absolute atomic E-state index is 0. The molecular formula is C52H76N2O10S3. The molecule has 15 heteroatoms. The number of carbonyl (C=O) groups excluding carboxylic acids is 2. The van der Waals surface area contributed by atoms with E-state index in [0.717, 1.165) is 38.8 Å². The van der Waals surface area contributed by atoms with E-state index in [1.165, 1.54) is 94.4 Å². The van der Waals surface area contributed by atoms with Gasteiger partial charge in [-0.25, -0.2) is 9.59 Å². The number of carbonyl (C=O) groups is 4. The Morgan fingerprint density at radius 2 is 0.881 bits per heavy atom. The zero-order valence-electron chi connectivity index (χ0n) is 39.2. The summed E-state index contributed by atoms with van der Waals surface area (Å²) in [5.41, 5.74) is 5.79. The molecule has 12 nitrogen and oxygen atoms in total. The lowest BCUT2D eigenvalue weighted by Crippen LogP contribution is -2.28. The average Bonchev–Trinajstić information content (AvgIpc) is 3.82. The van der Waals surface area contributed by atoms with E-state index in [1.54, 1.807) is 37.4 Å². The molecule has 6 rings (SSSR count). The zero-order valence-corrected chi connectivity index (χ0v) is 41.8. The number of rotatable bonds is 16. The highest BCUT2D eigenvalue weighted by Crippen LogP contribution is 2.37. The maximum atomic E-state index is 11.6. The largest absolute Gasteiger partial charge is 0.508 e. The second-order valence-corrected chi connectivity index (χ2v) is 20.1. The molecule has 0 saturated heterocycles. The van der Waals surface area contributed by atoms with Gasteiger partial charge < -0.3 is 40.5 Å². The van der Waals surface area contributed by atoms with Gasteiger partial charge in [0.25, 0.3) is 0 Å². The van der Waals surface area contributed by atoms with Gasteiger partial charge in [-0.15, -0.1) is 23.5 Å². The monoisotopic (exact) mass is 984 g/mol. The number of benzene rings is 4. The summed E-state index contributed by atoms with van der Waals surface area (Å²) in [6.07, 6.45) is 2.71. The first-order valence-electron chi connectivity index (χ1n) is 21.5. The third kappa shape index (κ3) is 21.0. The summed E-state index contributed by atoms with van der Waals surface area (Å²) in [6, 6.07) is 26.2. The highest BCUT2D eigenvalue weighted by Gasteiger charge is 2.28. The van der Waals surface area contributed by atoms with Gasteiger partial charge in [0.05, 0.1) is 9.49 Å². The number of likely N-dealkylation sites (N-methyl/N-ethyl adjacent to an activating group) is 2. The van der Waals surface area contributed by atoms with Crippen LogP contribution in [-0.4, -0.2) is 90.8 Å². The summed E-state index contributed by atoms with van der Waals surface area (Å²) in [4.78, 5) is 46.4. The maximum Gasteiger partial charge on any atom is 0.344 e. The summed E-state index contributed by atoms with van der Waals surface area (Å²) in [5, 5.41) is 41.9. The molecule has 0 fully saturated rings. The molecule has 0 saturated carbocycles. The van der Waals surface area contributed by atoms with Crippen LogP contribution in [-0.2, 0) is 44.9 Å². The number of carboxylic acid groups (broad SMARTS) is 2. The number of carboxylic acids is 2. The minimum Gasteiger partial charge on any atom is -0.508 e. The van der Waals surface area contributed by atoms with E-state index >= 15 is 0 Å². The Labute approximate surface area is 414 Å². The standard InChI is InChI=1S/2C16H23NOS.2C9H10O4.2CH4.H2S/c2*1-5-17-14-8-12-6-7-15(10-13(12)9-14)19-16(3,4)11(2)18;2*1-6(9(11)12)13-8-4-2-7(10)3-5-8;;;/h2*6-7,10,14,17H,5,8-9H2,1-4H3;2*2-6,10H,1H3,(H,11,12);2*1H4;1H2/t14-;;2*6-;;;/m0.11.../s1. The molecule has 4 atom stereocenters. The Morgan fingerprint density at radius 3 is 1.15 bits per heavy atom. The van der Waals surface area contributed by atoms with Crippen molar-refractivity contribution in [2.45, 2.75) is 153 Å². The highest BCUT2D eigenvalue weighted by molar-refractivity contribution is 8.01. The number of aromatic hydroxyl groups is 2. The first-order chi connectivity index (χ1) is 30.0. The number of nitrogens with one attached hydrogen (secondary N) is 2. The molecule has 6 N–H and O–H groups in total. The SMILES string of the molecule is C.C.CCNC1Cc2ccc(SC(C)(C)C(C)=O)cc2C1.CCN[C@H]1Cc2ccc(SC(C)(C)C(C)=O)cc2C1.C[C@@H](Oc1ccc(O)cc1)C(=O)O.C[C@@H](Oc1ccc(O)cc1)C(=O)O.S. The van der Waals surface area contributed by atoms with Crippen molar-refractivity contribution in [1.29, 1.82) is 0 Å². The van der Waals surface area contributed by atoms with E-state index in [2.05, 4.69) is 60.9 Å². The quantitative estimate of drug-likeness (QED) is 0.0581. The van der Waals surface area contributed by atoms with Crippen molar-refractivity contribution in [3.8, 4) is 23.0 Å². The predicted molar refractivity (Wildman–Crippen MR) is 279 cm³/mol. The van der Waals surface area contributed by atoms with Gasteiger partial charge in [0, 0.05) is 21.9 Å². The second kappa shape index (κ2) is 29.3. The van der Waals surface area contributed by atoms with E-state index in [-0.39, 0.29) is 60.9 Å². The van der Waals surface area contributed by atoms with Crippen molar-refractivity contribution in [2.75, 3.05) is 13.1 Å². The van der Waals surface area contributed by atoms with Gasteiger partial charge in [-0.05, 0) is 189 Å². The summed E-state index contributed by atoms with van der Waals surface area (Å²) < 4.78 is 9.36.